The summed E-state index contributed by atoms with van der Waals surface area (Å²) >= 11 is 7.39. The first kappa shape index (κ1) is 22.7. The molecule has 4 aromatic carbocycles. The first-order chi connectivity index (χ1) is 15.5. The minimum Gasteiger partial charge on any atom is -0.375 e. The predicted molar refractivity (Wildman–Crippen MR) is 137 cm³/mol. The molecule has 0 heterocycles. The van der Waals surface area contributed by atoms with Gasteiger partial charge < -0.3 is 10.2 Å². The largest absolute Gasteiger partial charge is 0.375 e. The quantitative estimate of drug-likeness (QED) is 0.276. The number of hydrogen-bond acceptors (Lipinski definition) is 2. The summed E-state index contributed by atoms with van der Waals surface area (Å²) in [6.45, 7) is 0. The fraction of sp³-hybridized carbons (Fsp3) is 0.0714. The summed E-state index contributed by atoms with van der Waals surface area (Å²) in [6.07, 6.45) is 0. The molecule has 4 heteroatoms. The number of rotatable bonds is 6. The Morgan fingerprint density at radius 3 is 0.781 bits per heavy atom. The van der Waals surface area contributed by atoms with Gasteiger partial charge in [0.15, 0.2) is 0 Å². The van der Waals surface area contributed by atoms with Crippen LogP contribution in [0.25, 0.3) is 0 Å². The molecule has 0 aliphatic carbocycles. The monoisotopic (exact) mass is 548 g/mol. The molecular formula is C28H22Br2O2. The van der Waals surface area contributed by atoms with Gasteiger partial charge in [0, 0.05) is 8.96 Å². The van der Waals surface area contributed by atoms with E-state index in [9.17, 15) is 10.2 Å². The van der Waals surface area contributed by atoms with Crippen molar-refractivity contribution in [2.45, 2.75) is 11.2 Å². The Morgan fingerprint density at radius 2 is 0.594 bits per heavy atom. The first-order valence-electron chi connectivity index (χ1n) is 10.2. The maximum absolute atomic E-state index is 12.2. The van der Waals surface area contributed by atoms with Crippen LogP contribution in [0.15, 0.2) is 130 Å². The van der Waals surface area contributed by atoms with Crippen molar-refractivity contribution in [3.63, 3.8) is 0 Å². The highest BCUT2D eigenvalue weighted by Gasteiger charge is 2.43. The zero-order chi connectivity index (χ0) is 22.6. The van der Waals surface area contributed by atoms with Gasteiger partial charge in [-0.3, -0.25) is 0 Å². The second-order valence-corrected chi connectivity index (χ2v) is 9.10. The molecule has 0 fully saturated rings. The molecule has 160 valence electrons. The Morgan fingerprint density at radius 1 is 0.406 bits per heavy atom. The zero-order valence-corrected chi connectivity index (χ0v) is 20.4. The molecule has 2 nitrogen and oxygen atoms in total. The van der Waals surface area contributed by atoms with Crippen molar-refractivity contribution in [2.75, 3.05) is 0 Å². The van der Waals surface area contributed by atoms with E-state index in [0.717, 1.165) is 0 Å². The minimum absolute atomic E-state index is 0.414. The molecule has 0 aliphatic rings. The van der Waals surface area contributed by atoms with Gasteiger partial charge in [-0.15, -0.1) is 0 Å². The van der Waals surface area contributed by atoms with E-state index in [-0.39, 0.29) is 0 Å². The standard InChI is InChI=1S/C28H22Br2O2/c29-25(27(31,21-13-5-1-6-14-21)22-15-7-2-8-16-22)26(30)28(32,23-17-9-3-10-18-23)24-19-11-4-12-20-24/h1-20,31-32H/b26-25+. The van der Waals surface area contributed by atoms with E-state index < -0.39 is 11.2 Å². The van der Waals surface area contributed by atoms with Crippen LogP contribution in [-0.4, -0.2) is 10.2 Å². The smallest absolute Gasteiger partial charge is 0.147 e. The van der Waals surface area contributed by atoms with Gasteiger partial charge in [-0.1, -0.05) is 153 Å². The van der Waals surface area contributed by atoms with Crippen molar-refractivity contribution in [3.05, 3.63) is 153 Å². The number of halogens is 2. The van der Waals surface area contributed by atoms with Crippen LogP contribution in [0.3, 0.4) is 0 Å². The Kier molecular flexibility index (Phi) is 6.77. The van der Waals surface area contributed by atoms with Crippen molar-refractivity contribution in [1.82, 2.24) is 0 Å². The zero-order valence-electron chi connectivity index (χ0n) is 17.2. The summed E-state index contributed by atoms with van der Waals surface area (Å²) in [6, 6.07) is 37.7. The van der Waals surface area contributed by atoms with Gasteiger partial charge >= 0.3 is 0 Å². The van der Waals surface area contributed by atoms with E-state index in [1.165, 1.54) is 0 Å². The van der Waals surface area contributed by atoms with Gasteiger partial charge in [-0.05, 0) is 22.3 Å². The van der Waals surface area contributed by atoms with Crippen molar-refractivity contribution in [1.29, 1.82) is 0 Å². The molecule has 0 unspecified atom stereocenters. The summed E-state index contributed by atoms with van der Waals surface area (Å²) in [4.78, 5) is 0. The van der Waals surface area contributed by atoms with Crippen LogP contribution in [0.4, 0.5) is 0 Å². The minimum atomic E-state index is -1.53. The van der Waals surface area contributed by atoms with E-state index in [1.54, 1.807) is 0 Å². The third-order valence-corrected chi connectivity index (χ3v) is 8.07. The number of aliphatic hydroxyl groups is 2. The van der Waals surface area contributed by atoms with Crippen LogP contribution in [-0.2, 0) is 11.2 Å². The molecule has 32 heavy (non-hydrogen) atoms. The second kappa shape index (κ2) is 9.55. The average molecular weight is 550 g/mol. The summed E-state index contributed by atoms with van der Waals surface area (Å²) in [5.74, 6) is 0. The highest BCUT2D eigenvalue weighted by Crippen LogP contribution is 2.49. The SMILES string of the molecule is OC(/C(Br)=C(\Br)C(O)(c1ccccc1)c1ccccc1)(c1ccccc1)c1ccccc1. The maximum Gasteiger partial charge on any atom is 0.147 e. The van der Waals surface area contributed by atoms with Gasteiger partial charge in [-0.2, -0.15) is 0 Å². The van der Waals surface area contributed by atoms with Gasteiger partial charge in [0.1, 0.15) is 11.2 Å². The van der Waals surface area contributed by atoms with Crippen LogP contribution < -0.4 is 0 Å². The van der Waals surface area contributed by atoms with Crippen LogP contribution in [0.5, 0.6) is 0 Å². The second-order valence-electron chi connectivity index (χ2n) is 7.51. The summed E-state index contributed by atoms with van der Waals surface area (Å²) < 4.78 is 0.829. The Hall–Kier alpha value is -2.50. The lowest BCUT2D eigenvalue weighted by molar-refractivity contribution is 0.111. The molecule has 2 N–H and O–H groups in total. The summed E-state index contributed by atoms with van der Waals surface area (Å²) in [5, 5.41) is 24.4. The molecule has 4 rings (SSSR count). The van der Waals surface area contributed by atoms with E-state index in [2.05, 4.69) is 31.9 Å². The molecule has 0 spiro atoms. The third-order valence-electron chi connectivity index (χ3n) is 5.59. The predicted octanol–water partition coefficient (Wildman–Crippen LogP) is 6.86. The normalized spacial score (nSPS) is 12.9. The topological polar surface area (TPSA) is 40.5 Å². The van der Waals surface area contributed by atoms with E-state index in [0.29, 0.717) is 31.2 Å². The Labute approximate surface area is 205 Å². The van der Waals surface area contributed by atoms with Crippen molar-refractivity contribution in [3.8, 4) is 0 Å². The lowest BCUT2D eigenvalue weighted by Crippen LogP contribution is -2.34. The number of benzene rings is 4. The van der Waals surface area contributed by atoms with Crippen LogP contribution in [0.2, 0.25) is 0 Å². The molecule has 0 amide bonds. The Balaban J connectivity index is 2.01. The molecule has 4 aromatic rings. The molecular weight excluding hydrogens is 528 g/mol. The summed E-state index contributed by atoms with van der Waals surface area (Å²) in [7, 11) is 0. The third kappa shape index (κ3) is 4.00. The average Bonchev–Trinajstić information content (AvgIpc) is 2.89. The molecule has 0 aliphatic heterocycles. The first-order valence-corrected chi connectivity index (χ1v) is 11.8. The van der Waals surface area contributed by atoms with Crippen molar-refractivity contribution >= 4 is 31.9 Å². The van der Waals surface area contributed by atoms with Gasteiger partial charge in [0.25, 0.3) is 0 Å². The maximum atomic E-state index is 12.2. The molecule has 0 aromatic heterocycles. The summed E-state index contributed by atoms with van der Waals surface area (Å²) in [5.41, 5.74) is -0.341. The molecule has 0 saturated heterocycles. The highest BCUT2D eigenvalue weighted by molar-refractivity contribution is 9.14. The van der Waals surface area contributed by atoms with Gasteiger partial charge in [-0.25, -0.2) is 0 Å². The molecule has 0 atom stereocenters. The lowest BCUT2D eigenvalue weighted by Gasteiger charge is -2.36. The highest BCUT2D eigenvalue weighted by atomic mass is 79.9. The van der Waals surface area contributed by atoms with Crippen molar-refractivity contribution in [2.24, 2.45) is 0 Å². The van der Waals surface area contributed by atoms with Crippen LogP contribution >= 0.6 is 31.9 Å². The van der Waals surface area contributed by atoms with Gasteiger partial charge in [0.2, 0.25) is 0 Å². The van der Waals surface area contributed by atoms with E-state index in [1.807, 2.05) is 121 Å². The Bertz CT molecular complexity index is 1020. The molecule has 0 saturated carbocycles. The fourth-order valence-corrected chi connectivity index (χ4v) is 5.36. The van der Waals surface area contributed by atoms with Gasteiger partial charge in [0.05, 0.1) is 0 Å². The number of hydrogen-bond donors (Lipinski definition) is 2. The van der Waals surface area contributed by atoms with Crippen LogP contribution in [0, 0.1) is 0 Å². The molecule has 0 bridgehead atoms. The van der Waals surface area contributed by atoms with Crippen LogP contribution in [0.1, 0.15) is 22.3 Å². The van der Waals surface area contributed by atoms with Crippen molar-refractivity contribution < 1.29 is 10.2 Å². The fourth-order valence-electron chi connectivity index (χ4n) is 3.88. The molecule has 0 radical (unpaired) electrons. The van der Waals surface area contributed by atoms with E-state index >= 15 is 0 Å². The lowest BCUT2D eigenvalue weighted by atomic mass is 9.81. The van der Waals surface area contributed by atoms with E-state index in [4.69, 9.17) is 0 Å².